The fourth-order valence-electron chi connectivity index (χ4n) is 2.27. The van der Waals surface area contributed by atoms with E-state index in [4.69, 9.17) is 4.74 Å². The molecule has 1 heterocycles. The molecule has 0 aromatic carbocycles. The van der Waals surface area contributed by atoms with E-state index in [0.717, 1.165) is 12.8 Å². The van der Waals surface area contributed by atoms with E-state index in [1.54, 1.807) is 19.4 Å². The van der Waals surface area contributed by atoms with Crippen molar-refractivity contribution in [1.29, 1.82) is 0 Å². The summed E-state index contributed by atoms with van der Waals surface area (Å²) in [6, 6.07) is 0. The van der Waals surface area contributed by atoms with E-state index in [1.165, 1.54) is 0 Å². The lowest BCUT2D eigenvalue weighted by Crippen LogP contribution is -2.33. The predicted octanol–water partition coefficient (Wildman–Crippen LogP) is 2.68. The van der Waals surface area contributed by atoms with Gasteiger partial charge in [0, 0.05) is 0 Å². The van der Waals surface area contributed by atoms with Gasteiger partial charge in [-0.2, -0.15) is 0 Å². The fourth-order valence-corrected chi connectivity index (χ4v) is 2.27. The zero-order valence-electron chi connectivity index (χ0n) is 10.8. The van der Waals surface area contributed by atoms with Crippen LogP contribution in [0.5, 0.6) is 0 Å². The maximum atomic E-state index is 11.9. The summed E-state index contributed by atoms with van der Waals surface area (Å²) in [5, 5.41) is 0. The molecule has 1 aromatic rings. The quantitative estimate of drug-likeness (QED) is 0.767. The average molecular weight is 246 g/mol. The van der Waals surface area contributed by atoms with Gasteiger partial charge in [0.1, 0.15) is 5.69 Å². The highest BCUT2D eigenvalue weighted by Gasteiger charge is 2.31. The Morgan fingerprint density at radius 1 is 1.50 bits per heavy atom. The molecule has 18 heavy (non-hydrogen) atoms. The summed E-state index contributed by atoms with van der Waals surface area (Å²) in [5.74, 6) is -0.314. The minimum Gasteiger partial charge on any atom is -0.461 e. The number of aromatic nitrogens is 2. The number of allylic oxidation sites excluding steroid dienone is 4. The van der Waals surface area contributed by atoms with Crippen LogP contribution in [0, 0.1) is 0 Å². The molecule has 0 N–H and O–H groups in total. The standard InChI is InChI=1S/C14H18N2O2/c1-3-14(8-6-5-7-9-14)16-11-15-10-12(16)13(17)18-4-2/h5-8,10-11H,3-4,9H2,1-2H3/t14-/m0/s1. The van der Waals surface area contributed by atoms with Crippen LogP contribution in [0.15, 0.2) is 36.8 Å². The van der Waals surface area contributed by atoms with Crippen molar-refractivity contribution in [3.63, 3.8) is 0 Å². The van der Waals surface area contributed by atoms with Crippen LogP contribution in [0.25, 0.3) is 0 Å². The first-order valence-electron chi connectivity index (χ1n) is 6.28. The van der Waals surface area contributed by atoms with Crippen molar-refractivity contribution < 1.29 is 9.53 Å². The second-order valence-electron chi connectivity index (χ2n) is 4.32. The van der Waals surface area contributed by atoms with Gasteiger partial charge >= 0.3 is 5.97 Å². The molecule has 0 aliphatic heterocycles. The van der Waals surface area contributed by atoms with Gasteiger partial charge in [0.15, 0.2) is 0 Å². The lowest BCUT2D eigenvalue weighted by Gasteiger charge is -2.32. The molecule has 0 unspecified atom stereocenters. The highest BCUT2D eigenvalue weighted by atomic mass is 16.5. The van der Waals surface area contributed by atoms with E-state index in [-0.39, 0.29) is 11.5 Å². The molecule has 1 aromatic heterocycles. The second kappa shape index (κ2) is 5.21. The first kappa shape index (κ1) is 12.6. The maximum absolute atomic E-state index is 11.9. The summed E-state index contributed by atoms with van der Waals surface area (Å²) >= 11 is 0. The molecule has 0 spiro atoms. The third kappa shape index (κ3) is 2.10. The molecule has 1 aliphatic rings. The van der Waals surface area contributed by atoms with Gasteiger partial charge in [-0.25, -0.2) is 9.78 Å². The Balaban J connectivity index is 2.38. The Morgan fingerprint density at radius 3 is 2.94 bits per heavy atom. The molecule has 0 amide bonds. The summed E-state index contributed by atoms with van der Waals surface area (Å²) < 4.78 is 6.99. The van der Waals surface area contributed by atoms with Crippen LogP contribution < -0.4 is 0 Å². The number of carbonyl (C=O) groups is 1. The number of carbonyl (C=O) groups excluding carboxylic acids is 1. The number of esters is 1. The first-order chi connectivity index (χ1) is 8.73. The van der Waals surface area contributed by atoms with E-state index in [2.05, 4.69) is 24.1 Å². The largest absolute Gasteiger partial charge is 0.461 e. The van der Waals surface area contributed by atoms with Crippen molar-refractivity contribution in [2.45, 2.75) is 32.2 Å². The Labute approximate surface area is 107 Å². The third-order valence-corrected chi connectivity index (χ3v) is 3.34. The number of rotatable bonds is 4. The van der Waals surface area contributed by atoms with Gasteiger partial charge in [-0.05, 0) is 19.8 Å². The summed E-state index contributed by atoms with van der Waals surface area (Å²) in [4.78, 5) is 16.0. The summed E-state index contributed by atoms with van der Waals surface area (Å²) in [7, 11) is 0. The monoisotopic (exact) mass is 246 g/mol. The number of hydrogen-bond acceptors (Lipinski definition) is 3. The Bertz CT molecular complexity index is 488. The Hall–Kier alpha value is -1.84. The zero-order valence-corrected chi connectivity index (χ0v) is 10.8. The minimum absolute atomic E-state index is 0.201. The molecule has 1 atom stereocenters. The molecule has 4 heteroatoms. The van der Waals surface area contributed by atoms with Crippen LogP contribution in [0.1, 0.15) is 37.2 Å². The van der Waals surface area contributed by atoms with Gasteiger partial charge in [0.05, 0.1) is 24.7 Å². The SMILES string of the molecule is CCOC(=O)c1cncn1[C@@]1(CC)C=CC=CC1. The Morgan fingerprint density at radius 2 is 2.33 bits per heavy atom. The molecule has 96 valence electrons. The molecule has 0 fully saturated rings. The zero-order chi connectivity index (χ0) is 13.0. The van der Waals surface area contributed by atoms with Crippen LogP contribution in [-0.4, -0.2) is 22.1 Å². The van der Waals surface area contributed by atoms with Crippen LogP contribution in [-0.2, 0) is 10.3 Å². The lowest BCUT2D eigenvalue weighted by molar-refractivity contribution is 0.0506. The molecule has 1 aliphatic carbocycles. The number of nitrogens with zero attached hydrogens (tertiary/aromatic N) is 2. The van der Waals surface area contributed by atoms with Crippen molar-refractivity contribution in [2.75, 3.05) is 6.61 Å². The first-order valence-corrected chi connectivity index (χ1v) is 6.28. The van der Waals surface area contributed by atoms with Crippen molar-refractivity contribution in [1.82, 2.24) is 9.55 Å². The molecule has 4 nitrogen and oxygen atoms in total. The van der Waals surface area contributed by atoms with Crippen molar-refractivity contribution in [3.8, 4) is 0 Å². The molecular weight excluding hydrogens is 228 g/mol. The van der Waals surface area contributed by atoms with E-state index < -0.39 is 0 Å². The fraction of sp³-hybridized carbons (Fsp3) is 0.429. The van der Waals surface area contributed by atoms with Gasteiger partial charge in [-0.1, -0.05) is 31.2 Å². The van der Waals surface area contributed by atoms with Gasteiger partial charge in [-0.3, -0.25) is 0 Å². The van der Waals surface area contributed by atoms with Crippen molar-refractivity contribution >= 4 is 5.97 Å². The summed E-state index contributed by atoms with van der Waals surface area (Å²) in [5.41, 5.74) is 0.312. The minimum atomic E-state index is -0.314. The topological polar surface area (TPSA) is 44.1 Å². The van der Waals surface area contributed by atoms with Crippen LogP contribution in [0.4, 0.5) is 0 Å². The van der Waals surface area contributed by atoms with E-state index in [1.807, 2.05) is 16.7 Å². The number of imidazole rings is 1. The Kier molecular flexibility index (Phi) is 3.65. The highest BCUT2D eigenvalue weighted by Crippen LogP contribution is 2.31. The summed E-state index contributed by atoms with van der Waals surface area (Å²) in [6.07, 6.45) is 13.3. The average Bonchev–Trinajstić information content (AvgIpc) is 2.89. The van der Waals surface area contributed by atoms with Gasteiger partial charge in [0.2, 0.25) is 0 Å². The maximum Gasteiger partial charge on any atom is 0.356 e. The number of hydrogen-bond donors (Lipinski definition) is 0. The van der Waals surface area contributed by atoms with E-state index in [0.29, 0.717) is 12.3 Å². The van der Waals surface area contributed by atoms with Crippen LogP contribution in [0.2, 0.25) is 0 Å². The second-order valence-corrected chi connectivity index (χ2v) is 4.32. The van der Waals surface area contributed by atoms with Gasteiger partial charge in [-0.15, -0.1) is 0 Å². The van der Waals surface area contributed by atoms with Crippen molar-refractivity contribution in [2.24, 2.45) is 0 Å². The van der Waals surface area contributed by atoms with Crippen LogP contribution in [0.3, 0.4) is 0 Å². The molecule has 0 radical (unpaired) electrons. The number of ether oxygens (including phenoxy) is 1. The normalized spacial score (nSPS) is 22.1. The van der Waals surface area contributed by atoms with Gasteiger partial charge in [0.25, 0.3) is 0 Å². The smallest absolute Gasteiger partial charge is 0.356 e. The third-order valence-electron chi connectivity index (χ3n) is 3.34. The van der Waals surface area contributed by atoms with Crippen molar-refractivity contribution in [3.05, 3.63) is 42.5 Å². The predicted molar refractivity (Wildman–Crippen MR) is 69.3 cm³/mol. The van der Waals surface area contributed by atoms with Gasteiger partial charge < -0.3 is 9.30 Å². The molecule has 0 saturated heterocycles. The van der Waals surface area contributed by atoms with E-state index in [9.17, 15) is 4.79 Å². The molecule has 2 rings (SSSR count). The molecular formula is C14H18N2O2. The van der Waals surface area contributed by atoms with E-state index >= 15 is 0 Å². The lowest BCUT2D eigenvalue weighted by atomic mass is 9.88. The van der Waals surface area contributed by atoms with Crippen LogP contribution >= 0.6 is 0 Å². The molecule has 0 bridgehead atoms. The summed E-state index contributed by atoms with van der Waals surface area (Å²) in [6.45, 7) is 4.29. The highest BCUT2D eigenvalue weighted by molar-refractivity contribution is 5.87. The molecule has 0 saturated carbocycles.